The van der Waals surface area contributed by atoms with Crippen LogP contribution in [-0.4, -0.2) is 0 Å². The maximum atomic E-state index is 8.64. The van der Waals surface area contributed by atoms with Crippen LogP contribution in [0.5, 0.6) is 0 Å². The molecule has 0 heterocycles. The highest BCUT2D eigenvalue weighted by Crippen LogP contribution is 2.16. The molecular weight excluding hydrogens is 244 g/mol. The Morgan fingerprint density at radius 3 is 2.10 bits per heavy atom. The van der Waals surface area contributed by atoms with Gasteiger partial charge in [0.2, 0.25) is 0 Å². The fourth-order valence-electron chi connectivity index (χ4n) is 2.06. The second-order valence-electron chi connectivity index (χ2n) is 5.28. The van der Waals surface area contributed by atoms with Crippen LogP contribution in [0.4, 0.5) is 5.69 Å². The van der Waals surface area contributed by atoms with E-state index in [1.807, 2.05) is 24.3 Å². The summed E-state index contributed by atoms with van der Waals surface area (Å²) in [5, 5.41) is 12.0. The van der Waals surface area contributed by atoms with Crippen LogP contribution in [0.15, 0.2) is 48.5 Å². The number of rotatable bonds is 5. The van der Waals surface area contributed by atoms with Gasteiger partial charge in [0, 0.05) is 12.2 Å². The summed E-state index contributed by atoms with van der Waals surface area (Å²) in [4.78, 5) is 0. The molecule has 0 bridgehead atoms. The summed E-state index contributed by atoms with van der Waals surface area (Å²) in [5.74, 6) is 0.574. The Kier molecular flexibility index (Phi) is 4.79. The summed E-state index contributed by atoms with van der Waals surface area (Å²) < 4.78 is 0. The molecule has 0 amide bonds. The second-order valence-corrected chi connectivity index (χ2v) is 5.28. The van der Waals surface area contributed by atoms with Gasteiger partial charge >= 0.3 is 0 Å². The molecule has 0 unspecified atom stereocenters. The molecule has 0 atom stereocenters. The van der Waals surface area contributed by atoms with E-state index in [1.165, 1.54) is 11.1 Å². The largest absolute Gasteiger partial charge is 0.381 e. The highest BCUT2D eigenvalue weighted by Gasteiger charge is 1.99. The summed E-state index contributed by atoms with van der Waals surface area (Å²) in [7, 11) is 0. The number of anilines is 1. The van der Waals surface area contributed by atoms with Crippen LogP contribution >= 0.6 is 0 Å². The van der Waals surface area contributed by atoms with Crippen molar-refractivity contribution in [1.29, 1.82) is 5.26 Å². The molecule has 0 aliphatic carbocycles. The van der Waals surface area contributed by atoms with Crippen molar-refractivity contribution in [3.05, 3.63) is 65.2 Å². The first kappa shape index (κ1) is 14.1. The van der Waals surface area contributed by atoms with Gasteiger partial charge in [0.05, 0.1) is 12.5 Å². The zero-order valence-corrected chi connectivity index (χ0v) is 12.1. The molecule has 0 aliphatic heterocycles. The highest BCUT2D eigenvalue weighted by molar-refractivity contribution is 5.45. The van der Waals surface area contributed by atoms with E-state index in [4.69, 9.17) is 5.26 Å². The molecule has 0 saturated carbocycles. The lowest BCUT2D eigenvalue weighted by molar-refractivity contribution is 0.865. The molecule has 2 aromatic rings. The fourth-order valence-corrected chi connectivity index (χ4v) is 2.06. The number of hydrogen-bond donors (Lipinski definition) is 1. The van der Waals surface area contributed by atoms with E-state index in [1.54, 1.807) is 0 Å². The fraction of sp³-hybridized carbons (Fsp3) is 0.278. The summed E-state index contributed by atoms with van der Waals surface area (Å²) in [6.07, 6.45) is 0.469. The normalized spacial score (nSPS) is 10.3. The Morgan fingerprint density at radius 2 is 1.55 bits per heavy atom. The lowest BCUT2D eigenvalue weighted by Crippen LogP contribution is -1.99. The van der Waals surface area contributed by atoms with Crippen molar-refractivity contribution < 1.29 is 0 Å². The van der Waals surface area contributed by atoms with Crippen molar-refractivity contribution in [2.24, 2.45) is 0 Å². The first-order valence-corrected chi connectivity index (χ1v) is 6.97. The third-order valence-corrected chi connectivity index (χ3v) is 3.38. The van der Waals surface area contributed by atoms with Crippen molar-refractivity contribution >= 4 is 5.69 Å². The first-order chi connectivity index (χ1) is 9.69. The van der Waals surface area contributed by atoms with Gasteiger partial charge in [0.25, 0.3) is 0 Å². The minimum Gasteiger partial charge on any atom is -0.381 e. The third kappa shape index (κ3) is 3.86. The van der Waals surface area contributed by atoms with Crippen LogP contribution < -0.4 is 5.32 Å². The maximum Gasteiger partial charge on any atom is 0.0669 e. The lowest BCUT2D eigenvalue weighted by Gasteiger charge is -2.09. The molecule has 2 aromatic carbocycles. The molecule has 0 radical (unpaired) electrons. The van der Waals surface area contributed by atoms with Crippen LogP contribution in [0.2, 0.25) is 0 Å². The molecule has 0 aromatic heterocycles. The Labute approximate surface area is 121 Å². The number of nitrogens with zero attached hydrogens (tertiary/aromatic N) is 1. The Balaban J connectivity index is 1.93. The molecule has 2 rings (SSSR count). The summed E-state index contributed by atoms with van der Waals surface area (Å²) >= 11 is 0. The third-order valence-electron chi connectivity index (χ3n) is 3.38. The number of benzene rings is 2. The standard InChI is InChI=1S/C18H20N2/c1-14(2)17-7-3-16(4-8-17)13-20-18-9-5-15(6-10-18)11-12-19/h3-10,14,20H,11,13H2,1-2H3. The molecule has 0 fully saturated rings. The van der Waals surface area contributed by atoms with Gasteiger partial charge in [-0.05, 0) is 34.7 Å². The van der Waals surface area contributed by atoms with Crippen molar-refractivity contribution in [3.63, 3.8) is 0 Å². The Bertz CT molecular complexity index is 574. The molecular formula is C18H20N2. The quantitative estimate of drug-likeness (QED) is 0.863. The van der Waals surface area contributed by atoms with E-state index in [9.17, 15) is 0 Å². The minimum absolute atomic E-state index is 0.469. The predicted molar refractivity (Wildman–Crippen MR) is 83.6 cm³/mol. The maximum absolute atomic E-state index is 8.64. The zero-order chi connectivity index (χ0) is 14.4. The Hall–Kier alpha value is -2.27. The van der Waals surface area contributed by atoms with Gasteiger partial charge in [-0.25, -0.2) is 0 Å². The molecule has 2 nitrogen and oxygen atoms in total. The van der Waals surface area contributed by atoms with Gasteiger partial charge < -0.3 is 5.32 Å². The van der Waals surface area contributed by atoms with E-state index >= 15 is 0 Å². The van der Waals surface area contributed by atoms with Crippen LogP contribution in [0, 0.1) is 11.3 Å². The number of nitrogens with one attached hydrogen (secondary N) is 1. The van der Waals surface area contributed by atoms with Crippen LogP contribution in [-0.2, 0) is 13.0 Å². The molecule has 102 valence electrons. The molecule has 0 aliphatic rings. The van der Waals surface area contributed by atoms with E-state index in [0.29, 0.717) is 12.3 Å². The Morgan fingerprint density at radius 1 is 0.950 bits per heavy atom. The van der Waals surface area contributed by atoms with E-state index in [2.05, 4.69) is 49.5 Å². The molecule has 2 heteroatoms. The van der Waals surface area contributed by atoms with Gasteiger partial charge in [-0.2, -0.15) is 5.26 Å². The van der Waals surface area contributed by atoms with Gasteiger partial charge in [-0.15, -0.1) is 0 Å². The topological polar surface area (TPSA) is 35.8 Å². The van der Waals surface area contributed by atoms with Gasteiger partial charge in [-0.1, -0.05) is 50.2 Å². The summed E-state index contributed by atoms with van der Waals surface area (Å²) in [6, 6.07) is 18.9. The van der Waals surface area contributed by atoms with Crippen LogP contribution in [0.1, 0.15) is 36.5 Å². The first-order valence-electron chi connectivity index (χ1n) is 6.97. The predicted octanol–water partition coefficient (Wildman–Crippen LogP) is 4.49. The SMILES string of the molecule is CC(C)c1ccc(CNc2ccc(CC#N)cc2)cc1. The average molecular weight is 264 g/mol. The average Bonchev–Trinajstić information content (AvgIpc) is 2.47. The van der Waals surface area contributed by atoms with E-state index in [0.717, 1.165) is 17.8 Å². The zero-order valence-electron chi connectivity index (χ0n) is 12.1. The van der Waals surface area contributed by atoms with Gasteiger partial charge in [-0.3, -0.25) is 0 Å². The monoisotopic (exact) mass is 264 g/mol. The van der Waals surface area contributed by atoms with E-state index in [-0.39, 0.29) is 0 Å². The van der Waals surface area contributed by atoms with Crippen molar-refractivity contribution in [2.45, 2.75) is 32.7 Å². The van der Waals surface area contributed by atoms with Crippen molar-refractivity contribution in [2.75, 3.05) is 5.32 Å². The second kappa shape index (κ2) is 6.77. The molecule has 20 heavy (non-hydrogen) atoms. The molecule has 0 spiro atoms. The smallest absolute Gasteiger partial charge is 0.0669 e. The highest BCUT2D eigenvalue weighted by atomic mass is 14.9. The molecule has 1 N–H and O–H groups in total. The van der Waals surface area contributed by atoms with Crippen molar-refractivity contribution in [3.8, 4) is 6.07 Å². The summed E-state index contributed by atoms with van der Waals surface area (Å²) in [5.41, 5.74) is 4.78. The number of nitriles is 1. The molecule has 0 saturated heterocycles. The van der Waals surface area contributed by atoms with Crippen LogP contribution in [0.3, 0.4) is 0 Å². The van der Waals surface area contributed by atoms with Gasteiger partial charge in [0.15, 0.2) is 0 Å². The van der Waals surface area contributed by atoms with E-state index < -0.39 is 0 Å². The lowest BCUT2D eigenvalue weighted by atomic mass is 10.0. The summed E-state index contributed by atoms with van der Waals surface area (Å²) in [6.45, 7) is 5.22. The van der Waals surface area contributed by atoms with Gasteiger partial charge in [0.1, 0.15) is 0 Å². The van der Waals surface area contributed by atoms with Crippen molar-refractivity contribution in [1.82, 2.24) is 0 Å². The minimum atomic E-state index is 0.469. The number of hydrogen-bond acceptors (Lipinski definition) is 2. The van der Waals surface area contributed by atoms with Crippen LogP contribution in [0.25, 0.3) is 0 Å².